The number of rotatable bonds is 7. The normalized spacial score (nSPS) is 16.2. The molecule has 0 radical (unpaired) electrons. The number of amides is 1. The third kappa shape index (κ3) is 5.53. The highest BCUT2D eigenvalue weighted by molar-refractivity contribution is 7.89. The van der Waals surface area contributed by atoms with E-state index in [1.165, 1.54) is 48.5 Å². The number of nitrogens with one attached hydrogen (secondary N) is 2. The Morgan fingerprint density at radius 1 is 1.00 bits per heavy atom. The number of hydroxylamine groups is 1. The van der Waals surface area contributed by atoms with Crippen LogP contribution in [0.2, 0.25) is 0 Å². The lowest BCUT2D eigenvalue weighted by molar-refractivity contribution is -0.130. The minimum atomic E-state index is -3.88. The maximum absolute atomic E-state index is 13.0. The Balaban J connectivity index is 1.75. The molecule has 0 bridgehead atoms. The molecule has 29 heavy (non-hydrogen) atoms. The molecule has 3 rings (SSSR count). The first-order valence-corrected chi connectivity index (χ1v) is 10.8. The van der Waals surface area contributed by atoms with Gasteiger partial charge < -0.3 is 4.74 Å². The number of carbonyl (C=O) groups excluding carboxylic acids is 1. The maximum Gasteiger partial charge on any atom is 0.245 e. The Morgan fingerprint density at radius 3 is 2.10 bits per heavy atom. The van der Waals surface area contributed by atoms with Crippen LogP contribution in [0.15, 0.2) is 53.4 Å². The van der Waals surface area contributed by atoms with Crippen LogP contribution in [-0.2, 0) is 14.8 Å². The second kappa shape index (κ2) is 8.89. The van der Waals surface area contributed by atoms with Gasteiger partial charge in [-0.25, -0.2) is 23.0 Å². The van der Waals surface area contributed by atoms with Gasteiger partial charge in [0.25, 0.3) is 0 Å². The van der Waals surface area contributed by atoms with Gasteiger partial charge in [0, 0.05) is 12.0 Å². The van der Waals surface area contributed by atoms with E-state index >= 15 is 0 Å². The van der Waals surface area contributed by atoms with Crippen LogP contribution in [0.25, 0.3) is 0 Å². The number of sulfonamides is 1. The van der Waals surface area contributed by atoms with Gasteiger partial charge >= 0.3 is 0 Å². The lowest BCUT2D eigenvalue weighted by atomic mass is 9.80. The zero-order chi connectivity index (χ0) is 20.9. The first kappa shape index (κ1) is 21.2. The molecule has 1 saturated carbocycles. The predicted octanol–water partition coefficient (Wildman–Crippen LogP) is 3.49. The fourth-order valence-electron chi connectivity index (χ4n) is 3.56. The summed E-state index contributed by atoms with van der Waals surface area (Å²) in [6, 6.07) is 11.3. The molecule has 0 spiro atoms. The molecule has 0 aliphatic heterocycles. The van der Waals surface area contributed by atoms with E-state index in [9.17, 15) is 17.6 Å². The first-order chi connectivity index (χ1) is 13.8. The zero-order valence-electron chi connectivity index (χ0n) is 15.7. The summed E-state index contributed by atoms with van der Waals surface area (Å²) < 4.78 is 47.0. The van der Waals surface area contributed by atoms with Crippen molar-refractivity contribution < 1.29 is 27.5 Å². The molecule has 2 aromatic carbocycles. The molecule has 2 aromatic rings. The maximum atomic E-state index is 13.0. The van der Waals surface area contributed by atoms with Gasteiger partial charge in [-0.3, -0.25) is 10.0 Å². The first-order valence-electron chi connectivity index (χ1n) is 9.32. The molecule has 0 saturated heterocycles. The van der Waals surface area contributed by atoms with Gasteiger partial charge in [0.2, 0.25) is 15.9 Å². The topological polar surface area (TPSA) is 105 Å². The highest BCUT2D eigenvalue weighted by atomic mass is 32.2. The number of benzene rings is 2. The molecular formula is C20H23FN2O5S. The molecule has 7 nitrogen and oxygen atoms in total. The Morgan fingerprint density at radius 2 is 1.55 bits per heavy atom. The number of carbonyl (C=O) groups is 1. The summed E-state index contributed by atoms with van der Waals surface area (Å²) in [5.41, 5.74) is 0.659. The molecule has 0 heterocycles. The summed E-state index contributed by atoms with van der Waals surface area (Å²) in [4.78, 5) is 11.8. The second-order valence-electron chi connectivity index (χ2n) is 7.19. The molecule has 1 aliphatic carbocycles. The standard InChI is InChI=1S/C20H23FN2O5S/c21-15-4-6-16(7-5-15)28-17-8-10-18(11-9-17)29(26,27)23-20(14-19(24)22-25)12-2-1-3-13-20/h4-11,23,25H,1-3,12-14H2,(H,22,24). The van der Waals surface area contributed by atoms with Crippen LogP contribution >= 0.6 is 0 Å². The molecule has 0 aromatic heterocycles. The Kier molecular flexibility index (Phi) is 6.51. The number of halogens is 1. The van der Waals surface area contributed by atoms with Crippen molar-refractivity contribution >= 4 is 15.9 Å². The highest BCUT2D eigenvalue weighted by Gasteiger charge is 2.38. The molecular weight excluding hydrogens is 399 g/mol. The van der Waals surface area contributed by atoms with Crippen LogP contribution < -0.4 is 14.9 Å². The van der Waals surface area contributed by atoms with Gasteiger partial charge in [-0.2, -0.15) is 0 Å². The Hall–Kier alpha value is -2.49. The summed E-state index contributed by atoms with van der Waals surface area (Å²) in [6.07, 6.45) is 3.47. The van der Waals surface area contributed by atoms with Crippen molar-refractivity contribution in [2.24, 2.45) is 0 Å². The van der Waals surface area contributed by atoms with Crippen LogP contribution in [0.5, 0.6) is 11.5 Å². The number of hydrogen-bond acceptors (Lipinski definition) is 5. The van der Waals surface area contributed by atoms with Crippen molar-refractivity contribution in [1.82, 2.24) is 10.2 Å². The van der Waals surface area contributed by atoms with Gasteiger partial charge in [0.15, 0.2) is 0 Å². The Labute approximate surface area is 168 Å². The summed E-state index contributed by atoms with van der Waals surface area (Å²) in [5, 5.41) is 8.85. The predicted molar refractivity (Wildman–Crippen MR) is 104 cm³/mol. The second-order valence-corrected chi connectivity index (χ2v) is 8.87. The van der Waals surface area contributed by atoms with Gasteiger partial charge in [-0.05, 0) is 61.4 Å². The third-order valence-corrected chi connectivity index (χ3v) is 6.56. The summed E-state index contributed by atoms with van der Waals surface area (Å²) in [5.74, 6) is -0.173. The van der Waals surface area contributed by atoms with E-state index in [-0.39, 0.29) is 17.1 Å². The van der Waals surface area contributed by atoms with Gasteiger partial charge in [-0.1, -0.05) is 19.3 Å². The largest absolute Gasteiger partial charge is 0.457 e. The SMILES string of the molecule is O=C(CC1(NS(=O)(=O)c2ccc(Oc3ccc(F)cc3)cc2)CCCCC1)NO. The number of hydrogen-bond donors (Lipinski definition) is 3. The third-order valence-electron chi connectivity index (χ3n) is 4.97. The smallest absolute Gasteiger partial charge is 0.245 e. The van der Waals surface area contributed by atoms with E-state index in [0.717, 1.165) is 19.3 Å². The summed E-state index contributed by atoms with van der Waals surface area (Å²) in [6.45, 7) is 0. The van der Waals surface area contributed by atoms with Crippen LogP contribution in [0, 0.1) is 5.82 Å². The minimum absolute atomic E-state index is 0.0401. The molecule has 3 N–H and O–H groups in total. The lowest BCUT2D eigenvalue weighted by Gasteiger charge is -2.37. The van der Waals surface area contributed by atoms with Crippen molar-refractivity contribution in [3.05, 3.63) is 54.3 Å². The van der Waals surface area contributed by atoms with Crippen LogP contribution in [0.3, 0.4) is 0 Å². The fraction of sp³-hybridized carbons (Fsp3) is 0.350. The quantitative estimate of drug-likeness (QED) is 0.468. The van der Waals surface area contributed by atoms with Gasteiger partial charge in [-0.15, -0.1) is 0 Å². The molecule has 1 aliphatic rings. The molecule has 156 valence electrons. The fourth-order valence-corrected chi connectivity index (χ4v) is 5.02. The zero-order valence-corrected chi connectivity index (χ0v) is 16.5. The molecule has 0 unspecified atom stereocenters. The lowest BCUT2D eigenvalue weighted by Crippen LogP contribution is -2.52. The molecule has 9 heteroatoms. The molecule has 1 fully saturated rings. The minimum Gasteiger partial charge on any atom is -0.457 e. The van der Waals surface area contributed by atoms with E-state index in [1.54, 1.807) is 5.48 Å². The van der Waals surface area contributed by atoms with Gasteiger partial charge in [0.05, 0.1) is 4.90 Å². The summed E-state index contributed by atoms with van der Waals surface area (Å²) in [7, 11) is -3.88. The average Bonchev–Trinajstić information content (AvgIpc) is 2.70. The number of ether oxygens (including phenoxy) is 1. The summed E-state index contributed by atoms with van der Waals surface area (Å²) >= 11 is 0. The van der Waals surface area contributed by atoms with Crippen molar-refractivity contribution in [2.75, 3.05) is 0 Å². The van der Waals surface area contributed by atoms with Crippen LogP contribution in [0.4, 0.5) is 4.39 Å². The monoisotopic (exact) mass is 422 g/mol. The molecule has 0 atom stereocenters. The van der Waals surface area contributed by atoms with E-state index in [1.807, 2.05) is 0 Å². The van der Waals surface area contributed by atoms with Crippen molar-refractivity contribution in [2.45, 2.75) is 49.0 Å². The molecule has 1 amide bonds. The van der Waals surface area contributed by atoms with E-state index in [2.05, 4.69) is 4.72 Å². The van der Waals surface area contributed by atoms with E-state index < -0.39 is 21.5 Å². The van der Waals surface area contributed by atoms with Gasteiger partial charge in [0.1, 0.15) is 17.3 Å². The highest BCUT2D eigenvalue weighted by Crippen LogP contribution is 2.33. The average molecular weight is 422 g/mol. The van der Waals surface area contributed by atoms with Crippen molar-refractivity contribution in [3.8, 4) is 11.5 Å². The van der Waals surface area contributed by atoms with E-state index in [4.69, 9.17) is 9.94 Å². The van der Waals surface area contributed by atoms with Crippen LogP contribution in [0.1, 0.15) is 38.5 Å². The Bertz CT molecular complexity index is 940. The van der Waals surface area contributed by atoms with Crippen molar-refractivity contribution in [3.63, 3.8) is 0 Å². The van der Waals surface area contributed by atoms with Crippen LogP contribution in [-0.4, -0.2) is 25.1 Å². The van der Waals surface area contributed by atoms with Crippen molar-refractivity contribution in [1.29, 1.82) is 0 Å². The van der Waals surface area contributed by atoms with E-state index in [0.29, 0.717) is 24.3 Å².